The van der Waals surface area contributed by atoms with E-state index in [0.717, 1.165) is 17.3 Å². The molecule has 2 N–H and O–H groups in total. The Labute approximate surface area is 127 Å². The van der Waals surface area contributed by atoms with E-state index in [9.17, 15) is 9.59 Å². The van der Waals surface area contributed by atoms with Gasteiger partial charge in [0.25, 0.3) is 5.91 Å². The molecular weight excluding hydrogens is 322 g/mol. The molecule has 0 radical (unpaired) electrons. The first-order chi connectivity index (χ1) is 9.26. The van der Waals surface area contributed by atoms with Crippen molar-refractivity contribution in [3.8, 4) is 0 Å². The van der Waals surface area contributed by atoms with Crippen molar-refractivity contribution < 1.29 is 9.59 Å². The Morgan fingerprint density at radius 1 is 1.40 bits per heavy atom. The zero-order valence-electron chi connectivity index (χ0n) is 12.0. The predicted octanol–water partition coefficient (Wildman–Crippen LogP) is 2.23. The van der Waals surface area contributed by atoms with E-state index >= 15 is 0 Å². The zero-order valence-corrected chi connectivity index (χ0v) is 13.6. The minimum Gasteiger partial charge on any atom is -0.350 e. The summed E-state index contributed by atoms with van der Waals surface area (Å²) in [5, 5.41) is 5.48. The van der Waals surface area contributed by atoms with Gasteiger partial charge in [0.05, 0.1) is 6.54 Å². The second-order valence-electron chi connectivity index (χ2n) is 6.16. The minimum absolute atomic E-state index is 0.0103. The molecule has 1 saturated carbocycles. The van der Waals surface area contributed by atoms with Gasteiger partial charge in [-0.05, 0) is 55.6 Å². The molecule has 0 bridgehead atoms. The molecule has 1 aliphatic carbocycles. The third-order valence-electron chi connectivity index (χ3n) is 2.91. The third-order valence-corrected chi connectivity index (χ3v) is 3.35. The van der Waals surface area contributed by atoms with Crippen molar-refractivity contribution in [1.82, 2.24) is 15.2 Å². The fourth-order valence-corrected chi connectivity index (χ4v) is 2.43. The van der Waals surface area contributed by atoms with Crippen LogP contribution in [0.2, 0.25) is 0 Å². The minimum atomic E-state index is -0.293. The van der Waals surface area contributed by atoms with Crippen LogP contribution in [-0.4, -0.2) is 28.5 Å². The fourth-order valence-electron chi connectivity index (χ4n) is 2.00. The van der Waals surface area contributed by atoms with Gasteiger partial charge in [-0.3, -0.25) is 9.59 Å². The van der Waals surface area contributed by atoms with Crippen molar-refractivity contribution in [2.45, 2.75) is 45.2 Å². The van der Waals surface area contributed by atoms with Gasteiger partial charge < -0.3 is 15.2 Å². The number of aromatic nitrogens is 1. The lowest BCUT2D eigenvalue weighted by Crippen LogP contribution is -2.46. The lowest BCUT2D eigenvalue weighted by atomic mass is 10.1. The molecule has 110 valence electrons. The number of nitrogens with zero attached hydrogens (tertiary/aromatic N) is 1. The highest BCUT2D eigenvalue weighted by molar-refractivity contribution is 9.10. The van der Waals surface area contributed by atoms with Gasteiger partial charge in [0.2, 0.25) is 5.91 Å². The standard InChI is InChI=1S/C14H20BrN3O2/c1-14(2,3)17-12(19)7-16-13(20)11-6-9(15)8-18(11)10-4-5-10/h6,8,10H,4-5,7H2,1-3H3,(H,16,20)(H,17,19). The van der Waals surface area contributed by atoms with Crippen LogP contribution in [-0.2, 0) is 4.79 Å². The number of hydrogen-bond donors (Lipinski definition) is 2. The van der Waals surface area contributed by atoms with E-state index in [2.05, 4.69) is 26.6 Å². The largest absolute Gasteiger partial charge is 0.350 e. The van der Waals surface area contributed by atoms with Crippen LogP contribution in [0.3, 0.4) is 0 Å². The first-order valence-corrected chi connectivity index (χ1v) is 7.52. The predicted molar refractivity (Wildman–Crippen MR) is 80.6 cm³/mol. The van der Waals surface area contributed by atoms with Gasteiger partial charge in [0, 0.05) is 22.3 Å². The highest BCUT2D eigenvalue weighted by Crippen LogP contribution is 2.37. The van der Waals surface area contributed by atoms with Crippen molar-refractivity contribution in [3.63, 3.8) is 0 Å². The second-order valence-corrected chi connectivity index (χ2v) is 7.08. The Morgan fingerprint density at radius 3 is 2.60 bits per heavy atom. The summed E-state index contributed by atoms with van der Waals surface area (Å²) < 4.78 is 2.86. The Balaban J connectivity index is 1.94. The summed E-state index contributed by atoms with van der Waals surface area (Å²) in [4.78, 5) is 23.8. The summed E-state index contributed by atoms with van der Waals surface area (Å²) in [7, 11) is 0. The molecule has 20 heavy (non-hydrogen) atoms. The van der Waals surface area contributed by atoms with Crippen LogP contribution in [0.5, 0.6) is 0 Å². The molecule has 0 unspecified atom stereocenters. The molecule has 1 aromatic rings. The summed E-state index contributed by atoms with van der Waals surface area (Å²) in [6.45, 7) is 5.70. The molecule has 6 heteroatoms. The first kappa shape index (κ1) is 15.1. The van der Waals surface area contributed by atoms with Crippen LogP contribution in [0.1, 0.15) is 50.1 Å². The van der Waals surface area contributed by atoms with Gasteiger partial charge in [0.1, 0.15) is 5.69 Å². The average Bonchev–Trinajstić information content (AvgIpc) is 3.07. The average molecular weight is 342 g/mol. The van der Waals surface area contributed by atoms with E-state index in [1.54, 1.807) is 6.07 Å². The van der Waals surface area contributed by atoms with Gasteiger partial charge in [0.15, 0.2) is 0 Å². The number of amides is 2. The third kappa shape index (κ3) is 4.10. The zero-order chi connectivity index (χ0) is 14.9. The Morgan fingerprint density at radius 2 is 2.05 bits per heavy atom. The molecule has 1 aliphatic rings. The smallest absolute Gasteiger partial charge is 0.268 e. The highest BCUT2D eigenvalue weighted by atomic mass is 79.9. The molecule has 0 aliphatic heterocycles. The molecule has 2 rings (SSSR count). The molecular formula is C14H20BrN3O2. The molecule has 0 saturated heterocycles. The van der Waals surface area contributed by atoms with Crippen LogP contribution < -0.4 is 10.6 Å². The Hall–Kier alpha value is -1.30. The van der Waals surface area contributed by atoms with Crippen molar-refractivity contribution in [2.24, 2.45) is 0 Å². The van der Waals surface area contributed by atoms with E-state index in [0.29, 0.717) is 11.7 Å². The monoisotopic (exact) mass is 341 g/mol. The summed E-state index contributed by atoms with van der Waals surface area (Å²) in [5.41, 5.74) is 0.307. The van der Waals surface area contributed by atoms with Crippen molar-refractivity contribution in [1.29, 1.82) is 0 Å². The van der Waals surface area contributed by atoms with Crippen LogP contribution in [0.25, 0.3) is 0 Å². The van der Waals surface area contributed by atoms with Crippen LogP contribution in [0.15, 0.2) is 16.7 Å². The molecule has 1 heterocycles. The molecule has 1 fully saturated rings. The number of nitrogens with one attached hydrogen (secondary N) is 2. The van der Waals surface area contributed by atoms with Crippen LogP contribution >= 0.6 is 15.9 Å². The Bertz CT molecular complexity index is 527. The van der Waals surface area contributed by atoms with E-state index in [4.69, 9.17) is 0 Å². The van der Waals surface area contributed by atoms with Crippen molar-refractivity contribution in [2.75, 3.05) is 6.54 Å². The highest BCUT2D eigenvalue weighted by Gasteiger charge is 2.27. The number of carbonyl (C=O) groups is 2. The van der Waals surface area contributed by atoms with Crippen molar-refractivity contribution in [3.05, 3.63) is 22.4 Å². The summed E-state index contributed by atoms with van der Waals surface area (Å²) in [6.07, 6.45) is 4.12. The lowest BCUT2D eigenvalue weighted by Gasteiger charge is -2.20. The van der Waals surface area contributed by atoms with E-state index in [1.807, 2.05) is 31.5 Å². The molecule has 1 aromatic heterocycles. The first-order valence-electron chi connectivity index (χ1n) is 6.73. The second kappa shape index (κ2) is 5.60. The number of carbonyl (C=O) groups excluding carboxylic acids is 2. The topological polar surface area (TPSA) is 63.1 Å². The van der Waals surface area contributed by atoms with Gasteiger partial charge >= 0.3 is 0 Å². The maximum absolute atomic E-state index is 12.1. The van der Waals surface area contributed by atoms with Crippen LogP contribution in [0.4, 0.5) is 0 Å². The SMILES string of the molecule is CC(C)(C)NC(=O)CNC(=O)c1cc(Br)cn1C1CC1. The van der Waals surface area contributed by atoms with Gasteiger partial charge in [-0.15, -0.1) is 0 Å². The maximum Gasteiger partial charge on any atom is 0.268 e. The van der Waals surface area contributed by atoms with E-state index in [-0.39, 0.29) is 23.9 Å². The lowest BCUT2D eigenvalue weighted by molar-refractivity contribution is -0.121. The number of hydrogen-bond acceptors (Lipinski definition) is 2. The molecule has 0 atom stereocenters. The summed E-state index contributed by atoms with van der Waals surface area (Å²) in [5.74, 6) is -0.402. The number of halogens is 1. The summed E-state index contributed by atoms with van der Waals surface area (Å²) in [6, 6.07) is 2.21. The van der Waals surface area contributed by atoms with E-state index < -0.39 is 0 Å². The fraction of sp³-hybridized carbons (Fsp3) is 0.571. The van der Waals surface area contributed by atoms with Gasteiger partial charge in [-0.1, -0.05) is 0 Å². The maximum atomic E-state index is 12.1. The van der Waals surface area contributed by atoms with E-state index in [1.165, 1.54) is 0 Å². The molecule has 2 amide bonds. The van der Waals surface area contributed by atoms with Crippen LogP contribution in [0, 0.1) is 0 Å². The van der Waals surface area contributed by atoms with Gasteiger partial charge in [-0.25, -0.2) is 0 Å². The number of rotatable bonds is 4. The molecule has 0 aromatic carbocycles. The molecule has 5 nitrogen and oxygen atoms in total. The quantitative estimate of drug-likeness (QED) is 0.881. The molecule has 0 spiro atoms. The van der Waals surface area contributed by atoms with Crippen molar-refractivity contribution >= 4 is 27.7 Å². The Kier molecular flexibility index (Phi) is 4.22. The normalized spacial score (nSPS) is 15.0. The van der Waals surface area contributed by atoms with Gasteiger partial charge in [-0.2, -0.15) is 0 Å². The summed E-state index contributed by atoms with van der Waals surface area (Å²) >= 11 is 3.39.